The van der Waals surface area contributed by atoms with Crippen molar-refractivity contribution in [2.24, 2.45) is 0 Å². The van der Waals surface area contributed by atoms with Crippen molar-refractivity contribution in [1.29, 1.82) is 0 Å². The third-order valence-corrected chi connectivity index (χ3v) is 11.3. The molecule has 0 fully saturated rings. The third kappa shape index (κ3) is 3.45. The van der Waals surface area contributed by atoms with E-state index in [0.717, 1.165) is 0 Å². The van der Waals surface area contributed by atoms with E-state index in [1.165, 1.54) is 97.4 Å². The van der Waals surface area contributed by atoms with Crippen LogP contribution in [0.15, 0.2) is 121 Å². The Balaban J connectivity index is 1.34. The molecule has 1 heteroatoms. The lowest BCUT2D eigenvalue weighted by atomic mass is 9.79. The van der Waals surface area contributed by atoms with Crippen molar-refractivity contribution in [1.82, 2.24) is 0 Å². The van der Waals surface area contributed by atoms with Crippen LogP contribution in [0.1, 0.15) is 36.1 Å². The topological polar surface area (TPSA) is 0 Å². The van der Waals surface area contributed by atoms with Gasteiger partial charge in [-0.15, -0.1) is 11.3 Å². The predicted octanol–water partition coefficient (Wildman–Crippen LogP) is 12.6. The minimum absolute atomic E-state index is 0.0757. The van der Waals surface area contributed by atoms with Crippen molar-refractivity contribution in [2.75, 3.05) is 0 Å². The first-order valence-electron chi connectivity index (χ1n) is 15.5. The number of aryl methyl sites for hydroxylation is 2. The molecule has 44 heavy (non-hydrogen) atoms. The first-order chi connectivity index (χ1) is 21.4. The number of hydrogen-bond acceptors (Lipinski definition) is 1. The summed E-state index contributed by atoms with van der Waals surface area (Å²) in [6.07, 6.45) is 0. The largest absolute Gasteiger partial charge is 0.135 e. The van der Waals surface area contributed by atoms with Gasteiger partial charge in [0.1, 0.15) is 0 Å². The third-order valence-electron chi connectivity index (χ3n) is 9.96. The molecule has 0 saturated carbocycles. The lowest BCUT2D eigenvalue weighted by molar-refractivity contribution is 0.667. The van der Waals surface area contributed by atoms with Gasteiger partial charge in [0.2, 0.25) is 0 Å². The maximum atomic E-state index is 2.50. The van der Waals surface area contributed by atoms with Gasteiger partial charge in [-0.3, -0.25) is 0 Å². The molecule has 0 aliphatic heterocycles. The highest BCUT2D eigenvalue weighted by Crippen LogP contribution is 2.57. The Bertz CT molecular complexity index is 2420. The summed E-state index contributed by atoms with van der Waals surface area (Å²) in [5, 5.41) is 9.20. The zero-order valence-electron chi connectivity index (χ0n) is 25.5. The van der Waals surface area contributed by atoms with Gasteiger partial charge in [-0.1, -0.05) is 135 Å². The number of hydrogen-bond donors (Lipinski definition) is 0. The molecule has 210 valence electrons. The van der Waals surface area contributed by atoms with E-state index in [0.29, 0.717) is 0 Å². The van der Waals surface area contributed by atoms with Crippen molar-refractivity contribution in [3.05, 3.63) is 144 Å². The van der Waals surface area contributed by atoms with Crippen LogP contribution >= 0.6 is 11.3 Å². The van der Waals surface area contributed by atoms with E-state index in [4.69, 9.17) is 0 Å². The van der Waals surface area contributed by atoms with Gasteiger partial charge in [-0.05, 0) is 102 Å². The normalized spacial score (nSPS) is 13.6. The van der Waals surface area contributed by atoms with Crippen LogP contribution in [0.3, 0.4) is 0 Å². The highest BCUT2D eigenvalue weighted by molar-refractivity contribution is 7.22. The van der Waals surface area contributed by atoms with E-state index in [-0.39, 0.29) is 5.41 Å². The van der Waals surface area contributed by atoms with Crippen molar-refractivity contribution in [3.63, 3.8) is 0 Å². The molecule has 0 radical (unpaired) electrons. The SMILES string of the molecule is Cc1cc(C)c2sc3c(c2c1)C(C)(C)c1cc(-c2c4ccccc4c(-c4cccc5ccccc45)c4ccccc24)ccc1-3. The highest BCUT2D eigenvalue weighted by atomic mass is 32.1. The summed E-state index contributed by atoms with van der Waals surface area (Å²) in [7, 11) is 0. The maximum absolute atomic E-state index is 2.50. The van der Waals surface area contributed by atoms with Crippen LogP contribution in [0, 0.1) is 13.8 Å². The average Bonchev–Trinajstić information content (AvgIpc) is 3.53. The van der Waals surface area contributed by atoms with Crippen molar-refractivity contribution < 1.29 is 0 Å². The molecule has 0 nitrogen and oxygen atoms in total. The van der Waals surface area contributed by atoms with Crippen LogP contribution in [0.4, 0.5) is 0 Å². The summed E-state index contributed by atoms with van der Waals surface area (Å²) in [5.41, 5.74) is 12.2. The second-order valence-corrected chi connectivity index (χ2v) is 14.0. The Kier molecular flexibility index (Phi) is 5.35. The minimum Gasteiger partial charge on any atom is -0.135 e. The van der Waals surface area contributed by atoms with Gasteiger partial charge >= 0.3 is 0 Å². The molecule has 0 spiro atoms. The Hall–Kier alpha value is -4.72. The van der Waals surface area contributed by atoms with Gasteiger partial charge in [0.15, 0.2) is 0 Å². The van der Waals surface area contributed by atoms with Crippen molar-refractivity contribution in [3.8, 4) is 32.7 Å². The van der Waals surface area contributed by atoms with Gasteiger partial charge < -0.3 is 0 Å². The van der Waals surface area contributed by atoms with Crippen LogP contribution in [0.25, 0.3) is 75.1 Å². The molecule has 0 bridgehead atoms. The first kappa shape index (κ1) is 25.7. The summed E-state index contributed by atoms with van der Waals surface area (Å²) < 4.78 is 1.43. The van der Waals surface area contributed by atoms with E-state index in [2.05, 4.69) is 149 Å². The van der Waals surface area contributed by atoms with E-state index >= 15 is 0 Å². The fourth-order valence-electron chi connectivity index (χ4n) is 8.08. The Labute approximate surface area is 262 Å². The fourth-order valence-corrected chi connectivity index (χ4v) is 9.53. The van der Waals surface area contributed by atoms with Crippen LogP contribution in [0.2, 0.25) is 0 Å². The van der Waals surface area contributed by atoms with Crippen LogP contribution in [0.5, 0.6) is 0 Å². The molecule has 0 N–H and O–H groups in total. The molecule has 0 amide bonds. The Morgan fingerprint density at radius 2 is 1.14 bits per heavy atom. The number of fused-ring (bicyclic) bond motifs is 8. The average molecular weight is 581 g/mol. The van der Waals surface area contributed by atoms with Gasteiger partial charge in [0.25, 0.3) is 0 Å². The summed E-state index contributed by atoms with van der Waals surface area (Å²) >= 11 is 1.97. The minimum atomic E-state index is -0.0757. The first-order valence-corrected chi connectivity index (χ1v) is 16.3. The van der Waals surface area contributed by atoms with Crippen LogP contribution in [-0.2, 0) is 5.41 Å². The predicted molar refractivity (Wildman–Crippen MR) is 192 cm³/mol. The van der Waals surface area contributed by atoms with Crippen molar-refractivity contribution in [2.45, 2.75) is 33.1 Å². The van der Waals surface area contributed by atoms with Crippen molar-refractivity contribution >= 4 is 53.7 Å². The van der Waals surface area contributed by atoms with Gasteiger partial charge in [-0.2, -0.15) is 0 Å². The molecule has 1 heterocycles. The summed E-state index contributed by atoms with van der Waals surface area (Å²) in [6.45, 7) is 9.33. The van der Waals surface area contributed by atoms with Crippen LogP contribution < -0.4 is 0 Å². The van der Waals surface area contributed by atoms with E-state index < -0.39 is 0 Å². The smallest absolute Gasteiger partial charge is 0.0399 e. The molecular weight excluding hydrogens is 549 g/mol. The second kappa shape index (κ2) is 9.14. The molecule has 9 rings (SSSR count). The molecule has 1 aliphatic carbocycles. The standard InChI is InChI=1S/C43H32S/c1-25-22-26(2)41-36(23-25)40-42(44-41)35-21-20-28(24-37(35)43(40,3)4)38-31-15-7-9-17-33(31)39(34-18-10-8-16-32(34)38)30-19-11-13-27-12-5-6-14-29(27)30/h5-24H,1-4H3. The Morgan fingerprint density at radius 3 is 1.84 bits per heavy atom. The molecular formula is C43H32S. The molecule has 8 aromatic rings. The lowest BCUT2D eigenvalue weighted by Gasteiger charge is -2.23. The molecule has 0 atom stereocenters. The molecule has 7 aromatic carbocycles. The van der Waals surface area contributed by atoms with Gasteiger partial charge in [-0.25, -0.2) is 0 Å². The van der Waals surface area contributed by atoms with E-state index in [1.54, 1.807) is 0 Å². The quantitative estimate of drug-likeness (QED) is 0.178. The molecule has 0 saturated heterocycles. The monoisotopic (exact) mass is 580 g/mol. The lowest BCUT2D eigenvalue weighted by Crippen LogP contribution is -2.15. The van der Waals surface area contributed by atoms with Gasteiger partial charge in [0, 0.05) is 15.0 Å². The number of thiophene rings is 1. The summed E-state index contributed by atoms with van der Waals surface area (Å²) in [6, 6.07) is 45.5. The second-order valence-electron chi connectivity index (χ2n) is 13.0. The van der Waals surface area contributed by atoms with E-state index in [9.17, 15) is 0 Å². The van der Waals surface area contributed by atoms with Gasteiger partial charge in [0.05, 0.1) is 0 Å². The zero-order valence-corrected chi connectivity index (χ0v) is 26.3. The molecule has 1 aliphatic rings. The molecule has 1 aromatic heterocycles. The number of rotatable bonds is 2. The van der Waals surface area contributed by atoms with Crippen LogP contribution in [-0.4, -0.2) is 0 Å². The maximum Gasteiger partial charge on any atom is 0.0399 e. The Morgan fingerprint density at radius 1 is 0.523 bits per heavy atom. The molecule has 0 unspecified atom stereocenters. The summed E-state index contributed by atoms with van der Waals surface area (Å²) in [4.78, 5) is 1.45. The summed E-state index contributed by atoms with van der Waals surface area (Å²) in [5.74, 6) is 0. The highest BCUT2D eigenvalue weighted by Gasteiger charge is 2.39. The zero-order chi connectivity index (χ0) is 29.7. The fraction of sp³-hybridized carbons (Fsp3) is 0.116. The number of benzene rings is 7. The van der Waals surface area contributed by atoms with E-state index in [1.807, 2.05) is 11.3 Å².